The van der Waals surface area contributed by atoms with Gasteiger partial charge in [-0.3, -0.25) is 9.48 Å². The van der Waals surface area contributed by atoms with Gasteiger partial charge >= 0.3 is 0 Å². The summed E-state index contributed by atoms with van der Waals surface area (Å²) in [5.41, 5.74) is 6.57. The number of carbonyl (C=O) groups is 1. The third-order valence-electron chi connectivity index (χ3n) is 3.87. The quantitative estimate of drug-likeness (QED) is 0.858. The first-order valence-corrected chi connectivity index (χ1v) is 7.46. The van der Waals surface area contributed by atoms with Crippen LogP contribution in [-0.4, -0.2) is 21.6 Å². The van der Waals surface area contributed by atoms with Crippen molar-refractivity contribution in [3.63, 3.8) is 0 Å². The van der Waals surface area contributed by atoms with E-state index < -0.39 is 0 Å². The Morgan fingerprint density at radius 1 is 1.47 bits per heavy atom. The fourth-order valence-electron chi connectivity index (χ4n) is 2.70. The van der Waals surface area contributed by atoms with Crippen molar-refractivity contribution in [3.8, 4) is 0 Å². The van der Waals surface area contributed by atoms with Gasteiger partial charge in [0.1, 0.15) is 5.78 Å². The smallest absolute Gasteiger partial charge is 0.138 e. The SMILES string of the molecule is CC(N)CCC(=O)Cc1ccn(C2CCCCC2)n1. The highest BCUT2D eigenvalue weighted by Crippen LogP contribution is 2.27. The zero-order chi connectivity index (χ0) is 13.7. The second-order valence-corrected chi connectivity index (χ2v) is 5.81. The lowest BCUT2D eigenvalue weighted by molar-refractivity contribution is -0.118. The van der Waals surface area contributed by atoms with Crippen molar-refractivity contribution in [1.29, 1.82) is 0 Å². The molecule has 0 radical (unpaired) electrons. The van der Waals surface area contributed by atoms with Crippen molar-refractivity contribution in [2.75, 3.05) is 0 Å². The van der Waals surface area contributed by atoms with E-state index in [4.69, 9.17) is 5.73 Å². The summed E-state index contributed by atoms with van der Waals surface area (Å²) in [6, 6.07) is 2.63. The van der Waals surface area contributed by atoms with E-state index >= 15 is 0 Å². The lowest BCUT2D eigenvalue weighted by atomic mass is 9.96. The lowest BCUT2D eigenvalue weighted by Crippen LogP contribution is -2.17. The Morgan fingerprint density at radius 3 is 2.89 bits per heavy atom. The number of nitrogens with zero attached hydrogens (tertiary/aromatic N) is 2. The van der Waals surface area contributed by atoms with Crippen molar-refractivity contribution in [1.82, 2.24) is 9.78 Å². The van der Waals surface area contributed by atoms with E-state index in [-0.39, 0.29) is 11.8 Å². The zero-order valence-electron chi connectivity index (χ0n) is 11.8. The van der Waals surface area contributed by atoms with E-state index in [0.29, 0.717) is 18.9 Å². The van der Waals surface area contributed by atoms with Crippen LogP contribution in [0.3, 0.4) is 0 Å². The molecule has 1 aliphatic rings. The van der Waals surface area contributed by atoms with E-state index in [1.54, 1.807) is 0 Å². The van der Waals surface area contributed by atoms with Crippen molar-refractivity contribution in [3.05, 3.63) is 18.0 Å². The highest BCUT2D eigenvalue weighted by Gasteiger charge is 2.16. The number of nitrogens with two attached hydrogens (primary N) is 1. The van der Waals surface area contributed by atoms with Gasteiger partial charge in [0.2, 0.25) is 0 Å². The summed E-state index contributed by atoms with van der Waals surface area (Å²) < 4.78 is 2.06. The Bertz CT molecular complexity index is 405. The first-order valence-electron chi connectivity index (χ1n) is 7.46. The summed E-state index contributed by atoms with van der Waals surface area (Å²) in [5, 5.41) is 4.57. The Morgan fingerprint density at radius 2 is 2.21 bits per heavy atom. The normalized spacial score (nSPS) is 18.4. The van der Waals surface area contributed by atoms with Crippen LogP contribution in [0.4, 0.5) is 0 Å². The van der Waals surface area contributed by atoms with Gasteiger partial charge in [0.05, 0.1) is 18.2 Å². The number of hydrogen-bond acceptors (Lipinski definition) is 3. The van der Waals surface area contributed by atoms with Crippen LogP contribution >= 0.6 is 0 Å². The van der Waals surface area contributed by atoms with Crippen LogP contribution in [0.2, 0.25) is 0 Å². The molecule has 19 heavy (non-hydrogen) atoms. The minimum atomic E-state index is 0.101. The molecule has 106 valence electrons. The molecule has 0 aromatic carbocycles. The Hall–Kier alpha value is -1.16. The third kappa shape index (κ3) is 4.46. The summed E-state index contributed by atoms with van der Waals surface area (Å²) in [6.45, 7) is 1.94. The van der Waals surface area contributed by atoms with Gasteiger partial charge in [0.25, 0.3) is 0 Å². The van der Waals surface area contributed by atoms with Crippen molar-refractivity contribution < 1.29 is 4.79 Å². The van der Waals surface area contributed by atoms with E-state index in [9.17, 15) is 4.79 Å². The van der Waals surface area contributed by atoms with Crippen LogP contribution in [0.5, 0.6) is 0 Å². The molecule has 1 saturated carbocycles. The molecular formula is C15H25N3O. The van der Waals surface area contributed by atoms with Gasteiger partial charge in [-0.05, 0) is 32.3 Å². The largest absolute Gasteiger partial charge is 0.328 e. The standard InChI is InChI=1S/C15H25N3O/c1-12(16)7-8-15(19)11-13-9-10-18(17-13)14-5-3-2-4-6-14/h9-10,12,14H,2-8,11,16H2,1H3. The fourth-order valence-corrected chi connectivity index (χ4v) is 2.70. The Balaban J connectivity index is 1.84. The molecule has 1 aromatic rings. The summed E-state index contributed by atoms with van der Waals surface area (Å²) in [4.78, 5) is 11.8. The van der Waals surface area contributed by atoms with Gasteiger partial charge in [-0.1, -0.05) is 19.3 Å². The second kappa shape index (κ2) is 6.85. The molecule has 0 spiro atoms. The lowest BCUT2D eigenvalue weighted by Gasteiger charge is -2.21. The first kappa shape index (κ1) is 14.3. The van der Waals surface area contributed by atoms with Crippen LogP contribution in [0.25, 0.3) is 0 Å². The predicted octanol–water partition coefficient (Wildman–Crippen LogP) is 2.63. The average molecular weight is 263 g/mol. The van der Waals surface area contributed by atoms with Crippen LogP contribution in [0, 0.1) is 0 Å². The van der Waals surface area contributed by atoms with Crippen molar-refractivity contribution in [2.45, 2.75) is 70.4 Å². The average Bonchev–Trinajstić information content (AvgIpc) is 2.86. The molecule has 0 aliphatic heterocycles. The molecule has 1 heterocycles. The van der Waals surface area contributed by atoms with E-state index in [1.807, 2.05) is 19.2 Å². The third-order valence-corrected chi connectivity index (χ3v) is 3.87. The monoisotopic (exact) mass is 263 g/mol. The molecule has 1 aliphatic carbocycles. The number of aromatic nitrogens is 2. The maximum Gasteiger partial charge on any atom is 0.138 e. The summed E-state index contributed by atoms with van der Waals surface area (Å²) in [5.74, 6) is 0.242. The number of Topliss-reactive ketones (excluding diaryl/α,β-unsaturated/α-hetero) is 1. The molecule has 1 fully saturated rings. The number of hydrogen-bond donors (Lipinski definition) is 1. The fraction of sp³-hybridized carbons (Fsp3) is 0.733. The maximum atomic E-state index is 11.8. The van der Waals surface area contributed by atoms with Gasteiger partial charge in [-0.15, -0.1) is 0 Å². The molecule has 2 N–H and O–H groups in total. The molecule has 4 nitrogen and oxygen atoms in total. The van der Waals surface area contributed by atoms with E-state index in [0.717, 1.165) is 12.1 Å². The molecule has 4 heteroatoms. The van der Waals surface area contributed by atoms with Gasteiger partial charge in [-0.25, -0.2) is 0 Å². The zero-order valence-corrected chi connectivity index (χ0v) is 11.8. The molecule has 2 rings (SSSR count). The molecule has 0 saturated heterocycles. The molecule has 1 unspecified atom stereocenters. The van der Waals surface area contributed by atoms with E-state index in [2.05, 4.69) is 9.78 Å². The second-order valence-electron chi connectivity index (χ2n) is 5.81. The van der Waals surface area contributed by atoms with Gasteiger partial charge in [-0.2, -0.15) is 5.10 Å². The summed E-state index contributed by atoms with van der Waals surface area (Å²) in [6.07, 6.45) is 10.2. The van der Waals surface area contributed by atoms with Crippen LogP contribution in [0.15, 0.2) is 12.3 Å². The van der Waals surface area contributed by atoms with Crippen LogP contribution < -0.4 is 5.73 Å². The summed E-state index contributed by atoms with van der Waals surface area (Å²) in [7, 11) is 0. The molecule has 0 bridgehead atoms. The first-order chi connectivity index (χ1) is 9.15. The maximum absolute atomic E-state index is 11.8. The Labute approximate surface area is 115 Å². The van der Waals surface area contributed by atoms with E-state index in [1.165, 1.54) is 32.1 Å². The molecular weight excluding hydrogens is 238 g/mol. The molecule has 0 amide bonds. The van der Waals surface area contributed by atoms with Crippen molar-refractivity contribution in [2.24, 2.45) is 5.73 Å². The highest BCUT2D eigenvalue weighted by molar-refractivity contribution is 5.80. The number of carbonyl (C=O) groups excluding carboxylic acids is 1. The minimum Gasteiger partial charge on any atom is -0.328 e. The number of ketones is 1. The van der Waals surface area contributed by atoms with Gasteiger partial charge in [0, 0.05) is 18.7 Å². The van der Waals surface area contributed by atoms with Crippen LogP contribution in [0.1, 0.15) is 63.6 Å². The summed E-state index contributed by atoms with van der Waals surface area (Å²) >= 11 is 0. The predicted molar refractivity (Wildman–Crippen MR) is 75.9 cm³/mol. The van der Waals surface area contributed by atoms with Crippen molar-refractivity contribution >= 4 is 5.78 Å². The highest BCUT2D eigenvalue weighted by atomic mass is 16.1. The molecule has 1 aromatic heterocycles. The van der Waals surface area contributed by atoms with Gasteiger partial charge in [0.15, 0.2) is 0 Å². The van der Waals surface area contributed by atoms with Gasteiger partial charge < -0.3 is 5.73 Å². The van der Waals surface area contributed by atoms with Crippen LogP contribution in [-0.2, 0) is 11.2 Å². The minimum absolute atomic E-state index is 0.101. The molecule has 1 atom stereocenters. The number of rotatable bonds is 6. The Kier molecular flexibility index (Phi) is 5.14. The topological polar surface area (TPSA) is 60.9 Å².